The molecule has 0 aliphatic carbocycles. The molecule has 0 amide bonds. The van der Waals surface area contributed by atoms with Crippen LogP contribution < -0.4 is 0 Å². The molecule has 0 bridgehead atoms. The van der Waals surface area contributed by atoms with Crippen LogP contribution in [0.3, 0.4) is 0 Å². The van der Waals surface area contributed by atoms with E-state index in [-0.39, 0.29) is 5.41 Å². The lowest BCUT2D eigenvalue weighted by molar-refractivity contribution is 0.423. The Hall–Kier alpha value is -0.900. The molecule has 0 N–H and O–H groups in total. The number of fused-ring (bicyclic) bond motifs is 1. The Kier molecular flexibility index (Phi) is 2.78. The van der Waals surface area contributed by atoms with Gasteiger partial charge < -0.3 is 0 Å². The maximum atomic E-state index is 4.34. The van der Waals surface area contributed by atoms with Crippen LogP contribution in [0.2, 0.25) is 0 Å². The fraction of sp³-hybridized carbons (Fsp3) is 0.455. The van der Waals surface area contributed by atoms with Crippen molar-refractivity contribution in [3.8, 4) is 0 Å². The van der Waals surface area contributed by atoms with Crippen molar-refractivity contribution in [1.29, 1.82) is 0 Å². The third kappa shape index (κ3) is 2.37. The minimum Gasteiger partial charge on any atom is -0.237 e. The molecule has 0 aromatic carbocycles. The maximum Gasteiger partial charge on any atom is 0.154 e. The van der Waals surface area contributed by atoms with Gasteiger partial charge in [0.25, 0.3) is 0 Å². The van der Waals surface area contributed by atoms with E-state index >= 15 is 0 Å². The molecule has 2 rings (SSSR count). The molecule has 2 heterocycles. The van der Waals surface area contributed by atoms with E-state index < -0.39 is 0 Å². The molecule has 15 heavy (non-hydrogen) atoms. The minimum atomic E-state index is 0.252. The zero-order valence-electron chi connectivity index (χ0n) is 8.94. The summed E-state index contributed by atoms with van der Waals surface area (Å²) in [4.78, 5) is 4.34. The molecule has 4 heteroatoms. The summed E-state index contributed by atoms with van der Waals surface area (Å²) in [6.07, 6.45) is 6.75. The number of hydrogen-bond donors (Lipinski definition) is 0. The van der Waals surface area contributed by atoms with Crippen LogP contribution >= 0.6 is 15.9 Å². The largest absolute Gasteiger partial charge is 0.237 e. The van der Waals surface area contributed by atoms with E-state index in [2.05, 4.69) is 39.9 Å². The molecule has 0 spiro atoms. The van der Waals surface area contributed by atoms with Crippen molar-refractivity contribution in [2.75, 3.05) is 5.33 Å². The molecule has 3 nitrogen and oxygen atoms in total. The fourth-order valence-corrected chi connectivity index (χ4v) is 1.74. The van der Waals surface area contributed by atoms with Gasteiger partial charge in [-0.25, -0.2) is 9.50 Å². The Morgan fingerprint density at radius 1 is 1.47 bits per heavy atom. The number of aromatic nitrogens is 3. The normalized spacial score (nSPS) is 12.2. The molecule has 0 atom stereocenters. The summed E-state index contributed by atoms with van der Waals surface area (Å²) >= 11 is 3.53. The summed E-state index contributed by atoms with van der Waals surface area (Å²) in [6, 6.07) is 1.90. The lowest BCUT2D eigenvalue weighted by Crippen LogP contribution is -2.17. The second kappa shape index (κ2) is 3.93. The molecule has 0 saturated carbocycles. The molecule has 2 aromatic rings. The average Bonchev–Trinajstić information content (AvgIpc) is 2.64. The monoisotopic (exact) mass is 267 g/mol. The number of halogens is 1. The Balaban J connectivity index is 2.28. The van der Waals surface area contributed by atoms with Crippen molar-refractivity contribution in [2.45, 2.75) is 20.3 Å². The molecule has 2 aromatic heterocycles. The first-order chi connectivity index (χ1) is 7.11. The maximum absolute atomic E-state index is 4.34. The van der Waals surface area contributed by atoms with Crippen LogP contribution in [-0.2, 0) is 6.42 Å². The van der Waals surface area contributed by atoms with E-state index in [1.807, 2.05) is 23.0 Å². The quantitative estimate of drug-likeness (QED) is 0.801. The SMILES string of the molecule is CC(C)(CBr)Cc1cnc2ccnn2c1. The summed E-state index contributed by atoms with van der Waals surface area (Å²) in [5.74, 6) is 0. The Labute approximate surface area is 97.6 Å². The predicted molar refractivity (Wildman–Crippen MR) is 64.3 cm³/mol. The second-order valence-electron chi connectivity index (χ2n) is 4.57. The average molecular weight is 268 g/mol. The molecule has 80 valence electrons. The number of alkyl halides is 1. The van der Waals surface area contributed by atoms with Gasteiger partial charge in [-0.2, -0.15) is 5.10 Å². The molecule has 0 fully saturated rings. The first kappa shape index (κ1) is 10.6. The summed E-state index contributed by atoms with van der Waals surface area (Å²) in [5, 5.41) is 5.16. The highest BCUT2D eigenvalue weighted by Gasteiger charge is 2.17. The second-order valence-corrected chi connectivity index (χ2v) is 5.13. The highest BCUT2D eigenvalue weighted by Crippen LogP contribution is 2.23. The molecule has 0 aliphatic rings. The van der Waals surface area contributed by atoms with Gasteiger partial charge in [0.15, 0.2) is 5.65 Å². The first-order valence-electron chi connectivity index (χ1n) is 4.95. The highest BCUT2D eigenvalue weighted by atomic mass is 79.9. The van der Waals surface area contributed by atoms with Gasteiger partial charge in [0, 0.05) is 23.8 Å². The lowest BCUT2D eigenvalue weighted by atomic mass is 9.89. The third-order valence-corrected chi connectivity index (χ3v) is 3.86. The van der Waals surface area contributed by atoms with E-state index in [0.717, 1.165) is 17.4 Å². The van der Waals surface area contributed by atoms with Gasteiger partial charge in [-0.3, -0.25) is 0 Å². The fourth-order valence-electron chi connectivity index (χ4n) is 1.54. The van der Waals surface area contributed by atoms with Gasteiger partial charge >= 0.3 is 0 Å². The Morgan fingerprint density at radius 3 is 3.00 bits per heavy atom. The van der Waals surface area contributed by atoms with Crippen molar-refractivity contribution < 1.29 is 0 Å². The lowest BCUT2D eigenvalue weighted by Gasteiger charge is -2.21. The summed E-state index contributed by atoms with van der Waals surface area (Å²) < 4.78 is 1.82. The topological polar surface area (TPSA) is 30.2 Å². The number of nitrogens with zero attached hydrogens (tertiary/aromatic N) is 3. The van der Waals surface area contributed by atoms with Crippen LogP contribution in [0.15, 0.2) is 24.7 Å². The van der Waals surface area contributed by atoms with Crippen molar-refractivity contribution in [3.05, 3.63) is 30.2 Å². The highest BCUT2D eigenvalue weighted by molar-refractivity contribution is 9.09. The minimum absolute atomic E-state index is 0.252. The van der Waals surface area contributed by atoms with Gasteiger partial charge in [0.1, 0.15) is 0 Å². The van der Waals surface area contributed by atoms with E-state index in [1.54, 1.807) is 6.20 Å². The van der Waals surface area contributed by atoms with Gasteiger partial charge in [0.05, 0.1) is 6.20 Å². The molecule has 0 unspecified atom stereocenters. The first-order valence-corrected chi connectivity index (χ1v) is 6.07. The number of rotatable bonds is 3. The van der Waals surface area contributed by atoms with Gasteiger partial charge in [-0.15, -0.1) is 0 Å². The van der Waals surface area contributed by atoms with E-state index in [9.17, 15) is 0 Å². The van der Waals surface area contributed by atoms with Crippen LogP contribution in [0.25, 0.3) is 5.65 Å². The van der Waals surface area contributed by atoms with Crippen molar-refractivity contribution in [3.63, 3.8) is 0 Å². The molecule has 0 aliphatic heterocycles. The van der Waals surface area contributed by atoms with E-state index in [1.165, 1.54) is 5.56 Å². The summed E-state index contributed by atoms with van der Waals surface area (Å²) in [7, 11) is 0. The Bertz CT molecular complexity index is 462. The molecule has 0 saturated heterocycles. The smallest absolute Gasteiger partial charge is 0.154 e. The zero-order valence-corrected chi connectivity index (χ0v) is 10.5. The number of hydrogen-bond acceptors (Lipinski definition) is 2. The van der Waals surface area contributed by atoms with Gasteiger partial charge in [-0.1, -0.05) is 29.8 Å². The zero-order chi connectivity index (χ0) is 10.9. The van der Waals surface area contributed by atoms with Crippen LogP contribution in [0.4, 0.5) is 0 Å². The third-order valence-electron chi connectivity index (χ3n) is 2.34. The Morgan fingerprint density at radius 2 is 2.27 bits per heavy atom. The van der Waals surface area contributed by atoms with Gasteiger partial charge in [-0.05, 0) is 17.4 Å². The summed E-state index contributed by atoms with van der Waals surface area (Å²) in [5.41, 5.74) is 2.37. The van der Waals surface area contributed by atoms with Crippen LogP contribution in [0.5, 0.6) is 0 Å². The van der Waals surface area contributed by atoms with Crippen LogP contribution in [0.1, 0.15) is 19.4 Å². The molecular formula is C11H14BrN3. The molecule has 0 radical (unpaired) electrons. The van der Waals surface area contributed by atoms with Crippen LogP contribution in [-0.4, -0.2) is 19.9 Å². The predicted octanol–water partition coefficient (Wildman–Crippen LogP) is 2.69. The van der Waals surface area contributed by atoms with Crippen molar-refractivity contribution in [2.24, 2.45) is 5.41 Å². The van der Waals surface area contributed by atoms with Crippen LogP contribution in [0, 0.1) is 5.41 Å². The standard InChI is InChI=1S/C11H14BrN3/c1-11(2,8-12)5-9-6-13-10-3-4-14-15(10)7-9/h3-4,6-7H,5,8H2,1-2H3. The summed E-state index contributed by atoms with van der Waals surface area (Å²) in [6.45, 7) is 4.46. The van der Waals surface area contributed by atoms with E-state index in [4.69, 9.17) is 0 Å². The van der Waals surface area contributed by atoms with Gasteiger partial charge in [0.2, 0.25) is 0 Å². The van der Waals surface area contributed by atoms with Crippen molar-refractivity contribution in [1.82, 2.24) is 14.6 Å². The van der Waals surface area contributed by atoms with E-state index in [0.29, 0.717) is 0 Å². The van der Waals surface area contributed by atoms with Crippen molar-refractivity contribution >= 4 is 21.6 Å². The molecular weight excluding hydrogens is 254 g/mol.